The topological polar surface area (TPSA) is 109 Å². The van der Waals surface area contributed by atoms with Gasteiger partial charge in [-0.05, 0) is 68.4 Å². The minimum absolute atomic E-state index is 0.0163. The third-order valence-electron chi connectivity index (χ3n) is 5.67. The lowest BCUT2D eigenvalue weighted by Gasteiger charge is -2.09. The molecule has 0 atom stereocenters. The number of fused-ring (bicyclic) bond motifs is 2. The second-order valence-corrected chi connectivity index (χ2v) is 8.61. The second kappa shape index (κ2) is 8.11. The highest BCUT2D eigenvalue weighted by Gasteiger charge is 2.29. The van der Waals surface area contributed by atoms with E-state index in [9.17, 15) is 9.59 Å². The van der Waals surface area contributed by atoms with Gasteiger partial charge in [0.2, 0.25) is 11.8 Å². The third-order valence-corrected chi connectivity index (χ3v) is 5.67. The van der Waals surface area contributed by atoms with Crippen molar-refractivity contribution in [3.8, 4) is 11.6 Å². The van der Waals surface area contributed by atoms with Crippen LogP contribution in [0.5, 0.6) is 11.6 Å². The number of hydrogen-bond donors (Lipinski definition) is 3. The Balaban J connectivity index is 1.37. The zero-order valence-electron chi connectivity index (χ0n) is 18.1. The minimum atomic E-state index is -0.210. The Hall–Kier alpha value is -3.68. The van der Waals surface area contributed by atoms with Gasteiger partial charge in [-0.2, -0.15) is 0 Å². The average molecular weight is 431 g/mol. The van der Waals surface area contributed by atoms with Crippen LogP contribution < -0.4 is 15.4 Å². The molecule has 2 heterocycles. The van der Waals surface area contributed by atoms with Gasteiger partial charge in [-0.3, -0.25) is 9.59 Å². The normalized spacial score (nSPS) is 16.4. The number of carbonyl (C=O) groups is 2. The van der Waals surface area contributed by atoms with Crippen LogP contribution in [-0.4, -0.2) is 32.8 Å². The molecule has 1 saturated carbocycles. The fraction of sp³-hybridized carbons (Fsp3) is 0.333. The van der Waals surface area contributed by atoms with Crippen molar-refractivity contribution < 1.29 is 14.3 Å². The molecule has 2 aliphatic carbocycles. The molecule has 0 spiro atoms. The Morgan fingerprint density at radius 3 is 2.88 bits per heavy atom. The molecular weight excluding hydrogens is 406 g/mol. The van der Waals surface area contributed by atoms with Gasteiger partial charge in [0.05, 0.1) is 11.8 Å². The molecule has 3 aromatic rings. The Morgan fingerprint density at radius 2 is 2.09 bits per heavy atom. The van der Waals surface area contributed by atoms with E-state index in [0.717, 1.165) is 36.8 Å². The maximum atomic E-state index is 12.4. The fourth-order valence-corrected chi connectivity index (χ4v) is 3.87. The number of rotatable bonds is 6. The number of aryl methyl sites for hydroxylation is 1. The maximum absolute atomic E-state index is 12.4. The summed E-state index contributed by atoms with van der Waals surface area (Å²) >= 11 is 0. The summed E-state index contributed by atoms with van der Waals surface area (Å²) < 4.78 is 5.99. The number of H-pyrrole nitrogens is 1. The molecule has 8 nitrogen and oxygen atoms in total. The molecule has 32 heavy (non-hydrogen) atoms. The number of carbonyl (C=O) groups excluding carboxylic acids is 2. The number of nitrogens with one attached hydrogen (secondary N) is 3. The van der Waals surface area contributed by atoms with Crippen molar-refractivity contribution >= 4 is 28.6 Å². The molecule has 1 fully saturated rings. The van der Waals surface area contributed by atoms with E-state index in [-0.39, 0.29) is 23.8 Å². The number of aromatic nitrogens is 3. The standard InChI is InChI=1S/C24H25N5O3/c1-13(2)28-24(31)19-11-25-22-21(19)29-20(12-26-22)32-17-8-7-14-3-6-16(18(14)9-17)10-27-23(30)15-4-5-15/h7-13,15H,3-6H2,1-2H3,(H,25,26)(H,27,30)(H,28,31)/b16-10-. The van der Waals surface area contributed by atoms with Gasteiger partial charge in [-0.1, -0.05) is 6.07 Å². The van der Waals surface area contributed by atoms with E-state index in [1.165, 1.54) is 11.8 Å². The van der Waals surface area contributed by atoms with Crippen molar-refractivity contribution in [2.75, 3.05) is 0 Å². The van der Waals surface area contributed by atoms with E-state index in [0.29, 0.717) is 28.4 Å². The molecule has 0 bridgehead atoms. The Morgan fingerprint density at radius 1 is 1.25 bits per heavy atom. The van der Waals surface area contributed by atoms with Gasteiger partial charge in [0, 0.05) is 24.4 Å². The molecule has 2 aromatic heterocycles. The summed E-state index contributed by atoms with van der Waals surface area (Å²) in [5.41, 5.74) is 4.81. The molecular formula is C24H25N5O3. The van der Waals surface area contributed by atoms with E-state index in [1.54, 1.807) is 6.20 Å². The number of ether oxygens (including phenoxy) is 1. The number of amides is 2. The summed E-state index contributed by atoms with van der Waals surface area (Å²) in [6.07, 6.45) is 8.75. The Kier molecular flexibility index (Phi) is 5.13. The van der Waals surface area contributed by atoms with Gasteiger partial charge in [-0.15, -0.1) is 0 Å². The molecule has 2 aliphatic rings. The van der Waals surface area contributed by atoms with E-state index >= 15 is 0 Å². The van der Waals surface area contributed by atoms with E-state index in [4.69, 9.17) is 4.74 Å². The van der Waals surface area contributed by atoms with Crippen LogP contribution in [-0.2, 0) is 11.2 Å². The molecule has 2 amide bonds. The Labute approximate surface area is 185 Å². The van der Waals surface area contributed by atoms with Crippen LogP contribution >= 0.6 is 0 Å². The van der Waals surface area contributed by atoms with Crippen LogP contribution in [0.3, 0.4) is 0 Å². The minimum Gasteiger partial charge on any atom is -0.437 e. The summed E-state index contributed by atoms with van der Waals surface area (Å²) in [7, 11) is 0. The summed E-state index contributed by atoms with van der Waals surface area (Å²) in [6.45, 7) is 3.81. The third kappa shape index (κ3) is 4.08. The van der Waals surface area contributed by atoms with Gasteiger partial charge in [0.1, 0.15) is 11.3 Å². The molecule has 3 N–H and O–H groups in total. The second-order valence-electron chi connectivity index (χ2n) is 8.61. The lowest BCUT2D eigenvalue weighted by molar-refractivity contribution is -0.121. The van der Waals surface area contributed by atoms with Crippen LogP contribution in [0.4, 0.5) is 0 Å². The molecule has 5 rings (SSSR count). The predicted octanol–water partition coefficient (Wildman–Crippen LogP) is 3.70. The number of allylic oxidation sites excluding steroid dienone is 1. The molecule has 0 radical (unpaired) electrons. The highest BCUT2D eigenvalue weighted by atomic mass is 16.5. The summed E-state index contributed by atoms with van der Waals surface area (Å²) in [5, 5.41) is 5.80. The van der Waals surface area contributed by atoms with Crippen LogP contribution in [0.2, 0.25) is 0 Å². The number of benzene rings is 1. The van der Waals surface area contributed by atoms with E-state index in [2.05, 4.69) is 25.6 Å². The monoisotopic (exact) mass is 431 g/mol. The first-order valence-corrected chi connectivity index (χ1v) is 10.9. The quantitative estimate of drug-likeness (QED) is 0.551. The zero-order chi connectivity index (χ0) is 22.2. The SMILES string of the molecule is CC(C)NC(=O)c1c[nH]c2ncc(Oc3ccc4c(c3)/C(=C\NC(=O)C3CC3)CC4)nc12. The number of hydrogen-bond acceptors (Lipinski definition) is 5. The smallest absolute Gasteiger partial charge is 0.255 e. The van der Waals surface area contributed by atoms with Gasteiger partial charge in [0.15, 0.2) is 5.65 Å². The van der Waals surface area contributed by atoms with Gasteiger partial charge >= 0.3 is 0 Å². The summed E-state index contributed by atoms with van der Waals surface area (Å²) in [4.78, 5) is 36.2. The van der Waals surface area contributed by atoms with Crippen LogP contribution in [0, 0.1) is 5.92 Å². The van der Waals surface area contributed by atoms with Gasteiger partial charge < -0.3 is 20.4 Å². The van der Waals surface area contributed by atoms with Gasteiger partial charge in [-0.25, -0.2) is 9.97 Å². The lowest BCUT2D eigenvalue weighted by Crippen LogP contribution is -2.29. The summed E-state index contributed by atoms with van der Waals surface area (Å²) in [6, 6.07) is 5.92. The average Bonchev–Trinajstić information content (AvgIpc) is 3.41. The molecule has 1 aromatic carbocycles. The molecule has 164 valence electrons. The van der Waals surface area contributed by atoms with Gasteiger partial charge in [0.25, 0.3) is 5.91 Å². The lowest BCUT2D eigenvalue weighted by atomic mass is 10.1. The first-order chi connectivity index (χ1) is 15.5. The molecule has 8 heteroatoms. The van der Waals surface area contributed by atoms with Crippen molar-refractivity contribution in [2.45, 2.75) is 45.6 Å². The summed E-state index contributed by atoms with van der Waals surface area (Å²) in [5.74, 6) is 1.00. The number of aromatic amines is 1. The van der Waals surface area contributed by atoms with E-state index in [1.807, 2.05) is 38.2 Å². The highest BCUT2D eigenvalue weighted by Crippen LogP contribution is 2.36. The maximum Gasteiger partial charge on any atom is 0.255 e. The van der Waals surface area contributed by atoms with Crippen molar-refractivity contribution in [1.82, 2.24) is 25.6 Å². The largest absolute Gasteiger partial charge is 0.437 e. The molecule has 0 saturated heterocycles. The molecule has 0 aliphatic heterocycles. The van der Waals surface area contributed by atoms with Crippen LogP contribution in [0.1, 0.15) is 54.6 Å². The number of nitrogens with zero attached hydrogens (tertiary/aromatic N) is 2. The first kappa shape index (κ1) is 20.2. The van der Waals surface area contributed by atoms with Crippen molar-refractivity contribution in [3.63, 3.8) is 0 Å². The Bertz CT molecular complexity index is 1240. The fourth-order valence-electron chi connectivity index (χ4n) is 3.87. The zero-order valence-corrected chi connectivity index (χ0v) is 18.1. The van der Waals surface area contributed by atoms with Crippen molar-refractivity contribution in [1.29, 1.82) is 0 Å². The van der Waals surface area contributed by atoms with Crippen molar-refractivity contribution in [2.24, 2.45) is 5.92 Å². The van der Waals surface area contributed by atoms with Crippen molar-refractivity contribution in [3.05, 3.63) is 53.5 Å². The highest BCUT2D eigenvalue weighted by molar-refractivity contribution is 6.04. The van der Waals surface area contributed by atoms with E-state index < -0.39 is 0 Å². The predicted molar refractivity (Wildman–Crippen MR) is 120 cm³/mol. The van der Waals surface area contributed by atoms with Crippen LogP contribution in [0.15, 0.2) is 36.8 Å². The van der Waals surface area contributed by atoms with Crippen LogP contribution in [0.25, 0.3) is 16.7 Å². The first-order valence-electron chi connectivity index (χ1n) is 10.9. The molecule has 0 unspecified atom stereocenters.